The van der Waals surface area contributed by atoms with Crippen molar-refractivity contribution in [2.24, 2.45) is 0 Å². The average molecular weight is 280 g/mol. The van der Waals surface area contributed by atoms with Gasteiger partial charge in [0.25, 0.3) is 0 Å². The Bertz CT molecular complexity index is 707. The quantitative estimate of drug-likeness (QED) is 0.798. The van der Waals surface area contributed by atoms with Gasteiger partial charge in [-0.2, -0.15) is 0 Å². The second-order valence-corrected chi connectivity index (χ2v) is 4.78. The summed E-state index contributed by atoms with van der Waals surface area (Å²) in [4.78, 5) is 1.49. The highest BCUT2D eigenvalue weighted by Gasteiger charge is 2.08. The Morgan fingerprint density at radius 1 is 1.05 bits per heavy atom. The van der Waals surface area contributed by atoms with Gasteiger partial charge in [0.05, 0.1) is 11.8 Å². The molecule has 0 radical (unpaired) electrons. The van der Waals surface area contributed by atoms with Gasteiger partial charge in [-0.05, 0) is 29.3 Å². The summed E-state index contributed by atoms with van der Waals surface area (Å²) in [5, 5.41) is 22.3. The molecule has 21 heavy (non-hydrogen) atoms. The van der Waals surface area contributed by atoms with E-state index in [4.69, 9.17) is 0 Å². The predicted molar refractivity (Wildman–Crippen MR) is 79.8 cm³/mol. The van der Waals surface area contributed by atoms with Gasteiger partial charge in [-0.25, -0.2) is 0 Å². The minimum atomic E-state index is -0.428. The highest BCUT2D eigenvalue weighted by atomic mass is 16.3. The molecule has 1 N–H and O–H groups in total. The fourth-order valence-corrected chi connectivity index (χ4v) is 2.09. The van der Waals surface area contributed by atoms with Gasteiger partial charge in [0, 0.05) is 5.56 Å². The lowest BCUT2D eigenvalue weighted by atomic mass is 10.1. The molecular formula is C16H16N4O. The zero-order chi connectivity index (χ0) is 14.7. The topological polar surface area (TPSA) is 63.8 Å². The number of benzene rings is 2. The number of aliphatic hydroxyl groups excluding tert-OH is 1. The third-order valence-corrected chi connectivity index (χ3v) is 3.34. The Balaban J connectivity index is 1.86. The van der Waals surface area contributed by atoms with Crippen LogP contribution in [0, 0.1) is 0 Å². The van der Waals surface area contributed by atoms with Gasteiger partial charge in [-0.3, -0.25) is 0 Å². The Hall–Kier alpha value is -2.53. The lowest BCUT2D eigenvalue weighted by Gasteiger charge is -2.08. The van der Waals surface area contributed by atoms with Crippen LogP contribution in [-0.4, -0.2) is 25.3 Å². The Morgan fingerprint density at radius 2 is 1.76 bits per heavy atom. The minimum Gasteiger partial charge on any atom is -0.388 e. The minimum absolute atomic E-state index is 0.428. The molecule has 0 aliphatic carbocycles. The van der Waals surface area contributed by atoms with E-state index in [0.29, 0.717) is 12.2 Å². The van der Waals surface area contributed by atoms with Crippen molar-refractivity contribution in [3.8, 4) is 17.1 Å². The normalized spacial score (nSPS) is 12.3. The number of hydrogen-bond acceptors (Lipinski definition) is 4. The molecule has 0 saturated heterocycles. The first-order valence-corrected chi connectivity index (χ1v) is 6.92. The van der Waals surface area contributed by atoms with Gasteiger partial charge in [0.2, 0.25) is 5.82 Å². The molecule has 2 aromatic carbocycles. The third-order valence-electron chi connectivity index (χ3n) is 3.34. The van der Waals surface area contributed by atoms with Crippen molar-refractivity contribution >= 4 is 0 Å². The van der Waals surface area contributed by atoms with E-state index < -0.39 is 6.10 Å². The van der Waals surface area contributed by atoms with Crippen molar-refractivity contribution in [2.45, 2.75) is 19.4 Å². The van der Waals surface area contributed by atoms with Gasteiger partial charge >= 0.3 is 0 Å². The van der Waals surface area contributed by atoms with Gasteiger partial charge in [-0.1, -0.05) is 49.4 Å². The fourth-order valence-electron chi connectivity index (χ4n) is 2.09. The molecule has 3 aromatic rings. The molecule has 0 fully saturated rings. The first-order valence-electron chi connectivity index (χ1n) is 6.92. The summed E-state index contributed by atoms with van der Waals surface area (Å²) in [7, 11) is 0. The van der Waals surface area contributed by atoms with Crippen LogP contribution in [0.3, 0.4) is 0 Å². The smallest absolute Gasteiger partial charge is 0.205 e. The first kappa shape index (κ1) is 13.5. The van der Waals surface area contributed by atoms with Crippen molar-refractivity contribution < 1.29 is 5.11 Å². The molecule has 1 unspecified atom stereocenters. The largest absolute Gasteiger partial charge is 0.388 e. The summed E-state index contributed by atoms with van der Waals surface area (Å²) in [6.07, 6.45) is 0.265. The zero-order valence-corrected chi connectivity index (χ0v) is 11.7. The molecule has 3 rings (SSSR count). The molecule has 1 atom stereocenters. The van der Waals surface area contributed by atoms with Crippen LogP contribution < -0.4 is 0 Å². The number of rotatable bonds is 4. The molecule has 5 nitrogen and oxygen atoms in total. The van der Waals surface area contributed by atoms with E-state index in [0.717, 1.165) is 16.8 Å². The first-order chi connectivity index (χ1) is 10.3. The lowest BCUT2D eigenvalue weighted by molar-refractivity contribution is 0.173. The van der Waals surface area contributed by atoms with E-state index in [2.05, 4.69) is 15.4 Å². The molecule has 0 bridgehead atoms. The van der Waals surface area contributed by atoms with E-state index in [9.17, 15) is 5.11 Å². The van der Waals surface area contributed by atoms with Crippen molar-refractivity contribution in [3.63, 3.8) is 0 Å². The zero-order valence-electron chi connectivity index (χ0n) is 11.7. The molecule has 0 spiro atoms. The van der Waals surface area contributed by atoms with Crippen molar-refractivity contribution in [3.05, 3.63) is 60.2 Å². The Kier molecular flexibility index (Phi) is 3.75. The molecule has 106 valence electrons. The van der Waals surface area contributed by atoms with Crippen LogP contribution >= 0.6 is 0 Å². The maximum atomic E-state index is 9.79. The maximum Gasteiger partial charge on any atom is 0.205 e. The van der Waals surface area contributed by atoms with Crippen LogP contribution in [0.1, 0.15) is 25.0 Å². The van der Waals surface area contributed by atoms with Crippen LogP contribution in [0.4, 0.5) is 0 Å². The van der Waals surface area contributed by atoms with E-state index in [-0.39, 0.29) is 0 Å². The van der Waals surface area contributed by atoms with Crippen molar-refractivity contribution in [2.75, 3.05) is 0 Å². The number of nitrogens with zero attached hydrogens (tertiary/aromatic N) is 4. The number of aromatic nitrogens is 4. The third kappa shape index (κ3) is 2.83. The van der Waals surface area contributed by atoms with Crippen molar-refractivity contribution in [1.29, 1.82) is 0 Å². The highest BCUT2D eigenvalue weighted by Crippen LogP contribution is 2.18. The lowest BCUT2D eigenvalue weighted by Crippen LogP contribution is -2.00. The summed E-state index contributed by atoms with van der Waals surface area (Å²) in [6.45, 7) is 1.95. The predicted octanol–water partition coefficient (Wildman–Crippen LogP) is 2.77. The van der Waals surface area contributed by atoms with Gasteiger partial charge in [0.15, 0.2) is 0 Å². The fraction of sp³-hybridized carbons (Fsp3) is 0.188. The maximum absolute atomic E-state index is 9.79. The molecule has 0 aliphatic heterocycles. The second kappa shape index (κ2) is 5.85. The van der Waals surface area contributed by atoms with Crippen LogP contribution in [0.2, 0.25) is 0 Å². The summed E-state index contributed by atoms with van der Waals surface area (Å²) < 4.78 is 0. The monoisotopic (exact) mass is 280 g/mol. The molecular weight excluding hydrogens is 264 g/mol. The van der Waals surface area contributed by atoms with Crippen LogP contribution in [0.15, 0.2) is 54.6 Å². The Labute approximate surface area is 122 Å². The summed E-state index contributed by atoms with van der Waals surface area (Å²) in [6, 6.07) is 17.3. The van der Waals surface area contributed by atoms with Crippen LogP contribution in [0.5, 0.6) is 0 Å². The molecule has 5 heteroatoms. The number of aliphatic hydroxyl groups is 1. The van der Waals surface area contributed by atoms with E-state index in [1.165, 1.54) is 4.80 Å². The summed E-state index contributed by atoms with van der Waals surface area (Å²) in [5.41, 5.74) is 2.64. The average Bonchev–Trinajstić information content (AvgIpc) is 3.05. The molecule has 0 saturated carbocycles. The van der Waals surface area contributed by atoms with E-state index in [1.54, 1.807) is 0 Å². The van der Waals surface area contributed by atoms with Gasteiger partial charge < -0.3 is 5.11 Å². The van der Waals surface area contributed by atoms with Gasteiger partial charge in [-0.15, -0.1) is 15.0 Å². The molecule has 1 aromatic heterocycles. The number of hydrogen-bond donors (Lipinski definition) is 1. The summed E-state index contributed by atoms with van der Waals surface area (Å²) >= 11 is 0. The van der Waals surface area contributed by atoms with Crippen LogP contribution in [-0.2, 0) is 0 Å². The van der Waals surface area contributed by atoms with E-state index >= 15 is 0 Å². The highest BCUT2D eigenvalue weighted by molar-refractivity contribution is 5.53. The Morgan fingerprint density at radius 3 is 2.43 bits per heavy atom. The molecule has 0 aliphatic rings. The standard InChI is InChI=1S/C16H16N4O/c1-2-15(21)12-8-10-14(11-9-12)20-18-16(17-19-20)13-6-4-3-5-7-13/h3-11,15,21H,2H2,1H3. The van der Waals surface area contributed by atoms with E-state index in [1.807, 2.05) is 61.5 Å². The SMILES string of the molecule is CCC(O)c1ccc(-n2nnc(-c3ccccc3)n2)cc1. The summed E-state index contributed by atoms with van der Waals surface area (Å²) in [5.74, 6) is 0.591. The molecule has 0 amide bonds. The van der Waals surface area contributed by atoms with Gasteiger partial charge in [0.1, 0.15) is 0 Å². The molecule has 1 heterocycles. The second-order valence-electron chi connectivity index (χ2n) is 4.78. The van der Waals surface area contributed by atoms with Crippen LogP contribution in [0.25, 0.3) is 17.1 Å². The number of tetrazole rings is 1. The van der Waals surface area contributed by atoms with Crippen molar-refractivity contribution in [1.82, 2.24) is 20.2 Å².